The molecule has 1 unspecified atom stereocenters. The average molecular weight is 252 g/mol. The fourth-order valence-corrected chi connectivity index (χ4v) is 1.82. The first-order valence-corrected chi connectivity index (χ1v) is 6.80. The second-order valence-corrected chi connectivity index (χ2v) is 4.56. The van der Waals surface area contributed by atoms with Crippen molar-refractivity contribution in [3.63, 3.8) is 0 Å². The van der Waals surface area contributed by atoms with Gasteiger partial charge in [-0.15, -0.1) is 0 Å². The number of carbonyl (C=O) groups excluding carboxylic acids is 1. The standard InChI is InChI=1S/C14H24N2O2/c1-3-5-7-12(4-2)10-15-14(17)16-11-13-8-6-9-18-13/h6,8-9,12H,3-5,7,10-11H2,1-2H3,(H2,15,16,17). The highest BCUT2D eigenvalue weighted by Gasteiger charge is 2.08. The molecule has 1 aromatic rings. The van der Waals surface area contributed by atoms with Gasteiger partial charge in [-0.3, -0.25) is 0 Å². The highest BCUT2D eigenvalue weighted by atomic mass is 16.3. The molecule has 1 aromatic heterocycles. The maximum Gasteiger partial charge on any atom is 0.315 e. The first-order valence-electron chi connectivity index (χ1n) is 6.80. The van der Waals surface area contributed by atoms with Crippen LogP contribution >= 0.6 is 0 Å². The summed E-state index contributed by atoms with van der Waals surface area (Å²) in [7, 11) is 0. The summed E-state index contributed by atoms with van der Waals surface area (Å²) in [5.74, 6) is 1.35. The summed E-state index contributed by atoms with van der Waals surface area (Å²) in [6.45, 7) is 5.55. The van der Waals surface area contributed by atoms with Gasteiger partial charge in [-0.25, -0.2) is 4.79 Å². The molecule has 0 saturated heterocycles. The number of hydrogen-bond donors (Lipinski definition) is 2. The Balaban J connectivity index is 2.15. The molecule has 2 amide bonds. The molecule has 0 aromatic carbocycles. The van der Waals surface area contributed by atoms with E-state index in [0.717, 1.165) is 18.7 Å². The zero-order valence-corrected chi connectivity index (χ0v) is 11.4. The van der Waals surface area contributed by atoms with Crippen molar-refractivity contribution in [3.05, 3.63) is 24.2 Å². The third-order valence-electron chi connectivity index (χ3n) is 3.10. The van der Waals surface area contributed by atoms with E-state index < -0.39 is 0 Å². The fraction of sp³-hybridized carbons (Fsp3) is 0.643. The number of nitrogens with one attached hydrogen (secondary N) is 2. The van der Waals surface area contributed by atoms with Crippen molar-refractivity contribution in [1.29, 1.82) is 0 Å². The van der Waals surface area contributed by atoms with E-state index in [2.05, 4.69) is 24.5 Å². The Morgan fingerprint density at radius 3 is 2.83 bits per heavy atom. The quantitative estimate of drug-likeness (QED) is 0.746. The van der Waals surface area contributed by atoms with Gasteiger partial charge in [-0.05, 0) is 24.5 Å². The van der Waals surface area contributed by atoms with Crippen LogP contribution < -0.4 is 10.6 Å². The minimum absolute atomic E-state index is 0.124. The van der Waals surface area contributed by atoms with Gasteiger partial charge in [0.2, 0.25) is 0 Å². The lowest BCUT2D eigenvalue weighted by Gasteiger charge is -2.15. The lowest BCUT2D eigenvalue weighted by molar-refractivity contribution is 0.236. The van der Waals surface area contributed by atoms with Gasteiger partial charge in [0.05, 0.1) is 12.8 Å². The molecule has 0 aliphatic heterocycles. The summed E-state index contributed by atoms with van der Waals surface area (Å²) < 4.78 is 5.14. The van der Waals surface area contributed by atoms with Crippen LogP contribution in [0.2, 0.25) is 0 Å². The van der Waals surface area contributed by atoms with E-state index in [0.29, 0.717) is 12.5 Å². The van der Waals surface area contributed by atoms with Gasteiger partial charge in [0.25, 0.3) is 0 Å². The Hall–Kier alpha value is -1.45. The predicted molar refractivity (Wildman–Crippen MR) is 72.3 cm³/mol. The number of hydrogen-bond acceptors (Lipinski definition) is 2. The molecule has 1 atom stereocenters. The number of rotatable bonds is 8. The molecule has 0 aliphatic rings. The lowest BCUT2D eigenvalue weighted by Crippen LogP contribution is -2.37. The molecule has 0 radical (unpaired) electrons. The van der Waals surface area contributed by atoms with E-state index in [9.17, 15) is 4.79 Å². The van der Waals surface area contributed by atoms with Crippen LogP contribution in [0, 0.1) is 5.92 Å². The fourth-order valence-electron chi connectivity index (χ4n) is 1.82. The minimum Gasteiger partial charge on any atom is -0.467 e. The second kappa shape index (κ2) is 8.61. The number of amides is 2. The summed E-state index contributed by atoms with van der Waals surface area (Å²) >= 11 is 0. The van der Waals surface area contributed by atoms with E-state index in [1.54, 1.807) is 6.26 Å². The Morgan fingerprint density at radius 1 is 1.39 bits per heavy atom. The van der Waals surface area contributed by atoms with Crippen LogP contribution in [0.4, 0.5) is 4.79 Å². The van der Waals surface area contributed by atoms with Gasteiger partial charge in [-0.1, -0.05) is 33.1 Å². The van der Waals surface area contributed by atoms with E-state index in [1.165, 1.54) is 19.3 Å². The molecule has 0 fully saturated rings. The molecule has 2 N–H and O–H groups in total. The van der Waals surface area contributed by atoms with Crippen molar-refractivity contribution in [2.45, 2.75) is 46.1 Å². The first kappa shape index (κ1) is 14.6. The lowest BCUT2D eigenvalue weighted by atomic mass is 9.99. The van der Waals surface area contributed by atoms with Crippen LogP contribution in [0.15, 0.2) is 22.8 Å². The van der Waals surface area contributed by atoms with Crippen LogP contribution in [0.25, 0.3) is 0 Å². The van der Waals surface area contributed by atoms with Crippen molar-refractivity contribution < 1.29 is 9.21 Å². The van der Waals surface area contributed by atoms with Crippen LogP contribution in [0.1, 0.15) is 45.3 Å². The Labute approximate surface area is 109 Å². The monoisotopic (exact) mass is 252 g/mol. The maximum atomic E-state index is 11.6. The molecule has 0 aliphatic carbocycles. The highest BCUT2D eigenvalue weighted by Crippen LogP contribution is 2.11. The third-order valence-corrected chi connectivity index (χ3v) is 3.10. The highest BCUT2D eigenvalue weighted by molar-refractivity contribution is 5.73. The number of unbranched alkanes of at least 4 members (excludes halogenated alkanes) is 1. The van der Waals surface area contributed by atoms with Crippen molar-refractivity contribution in [2.24, 2.45) is 5.92 Å². The zero-order chi connectivity index (χ0) is 13.2. The molecule has 0 bridgehead atoms. The predicted octanol–water partition coefficient (Wildman–Crippen LogP) is 3.30. The van der Waals surface area contributed by atoms with Gasteiger partial charge >= 0.3 is 6.03 Å². The number of carbonyl (C=O) groups is 1. The Kier molecular flexibility index (Phi) is 6.99. The molecule has 1 rings (SSSR count). The molecule has 102 valence electrons. The van der Waals surface area contributed by atoms with Crippen LogP contribution in [0.3, 0.4) is 0 Å². The van der Waals surface area contributed by atoms with Crippen LogP contribution in [0.5, 0.6) is 0 Å². The van der Waals surface area contributed by atoms with E-state index in [4.69, 9.17) is 4.42 Å². The molecule has 4 heteroatoms. The van der Waals surface area contributed by atoms with Crippen molar-refractivity contribution >= 4 is 6.03 Å². The topological polar surface area (TPSA) is 54.3 Å². The number of urea groups is 1. The van der Waals surface area contributed by atoms with Gasteiger partial charge in [0, 0.05) is 6.54 Å². The van der Waals surface area contributed by atoms with Crippen LogP contribution in [-0.2, 0) is 6.54 Å². The van der Waals surface area contributed by atoms with Gasteiger partial charge < -0.3 is 15.1 Å². The van der Waals surface area contributed by atoms with E-state index in [1.807, 2.05) is 12.1 Å². The van der Waals surface area contributed by atoms with Crippen molar-refractivity contribution in [2.75, 3.05) is 6.54 Å². The smallest absolute Gasteiger partial charge is 0.315 e. The second-order valence-electron chi connectivity index (χ2n) is 4.56. The van der Waals surface area contributed by atoms with E-state index >= 15 is 0 Å². The summed E-state index contributed by atoms with van der Waals surface area (Å²) in [6.07, 6.45) is 6.34. The van der Waals surface area contributed by atoms with Gasteiger partial charge in [0.15, 0.2) is 0 Å². The molecule has 4 nitrogen and oxygen atoms in total. The first-order chi connectivity index (χ1) is 8.76. The maximum absolute atomic E-state index is 11.6. The summed E-state index contributed by atoms with van der Waals surface area (Å²) in [4.78, 5) is 11.6. The third kappa shape index (κ3) is 5.75. The average Bonchev–Trinajstić information content (AvgIpc) is 2.89. The largest absolute Gasteiger partial charge is 0.467 e. The molecule has 18 heavy (non-hydrogen) atoms. The van der Waals surface area contributed by atoms with Gasteiger partial charge in [-0.2, -0.15) is 0 Å². The SMILES string of the molecule is CCCCC(CC)CNC(=O)NCc1ccco1. The molecule has 0 saturated carbocycles. The number of furan rings is 1. The normalized spacial score (nSPS) is 12.1. The summed E-state index contributed by atoms with van der Waals surface area (Å²) in [6, 6.07) is 3.53. The molecular weight excluding hydrogens is 228 g/mol. The zero-order valence-electron chi connectivity index (χ0n) is 11.4. The summed E-state index contributed by atoms with van der Waals surface area (Å²) in [5.41, 5.74) is 0. The van der Waals surface area contributed by atoms with Crippen LogP contribution in [-0.4, -0.2) is 12.6 Å². The minimum atomic E-state index is -0.124. The van der Waals surface area contributed by atoms with Crippen molar-refractivity contribution in [3.8, 4) is 0 Å². The molecule has 1 heterocycles. The Bertz CT molecular complexity index is 323. The summed E-state index contributed by atoms with van der Waals surface area (Å²) in [5, 5.41) is 5.69. The molecular formula is C14H24N2O2. The van der Waals surface area contributed by atoms with Gasteiger partial charge in [0.1, 0.15) is 5.76 Å². The Morgan fingerprint density at radius 2 is 2.22 bits per heavy atom. The van der Waals surface area contributed by atoms with Crippen molar-refractivity contribution in [1.82, 2.24) is 10.6 Å². The molecule has 0 spiro atoms. The van der Waals surface area contributed by atoms with E-state index in [-0.39, 0.29) is 6.03 Å².